The molecule has 0 fully saturated rings. The van der Waals surface area contributed by atoms with E-state index in [0.29, 0.717) is 24.6 Å². The molecule has 1 aromatic carbocycles. The van der Waals surface area contributed by atoms with Crippen LogP contribution in [0.2, 0.25) is 0 Å². The number of carbonyl (C=O) groups is 2. The average molecular weight is 466 g/mol. The molecule has 0 bridgehead atoms. The summed E-state index contributed by atoms with van der Waals surface area (Å²) in [5.41, 5.74) is -0.687. The van der Waals surface area contributed by atoms with Gasteiger partial charge in [0.05, 0.1) is 34.5 Å². The Bertz CT molecular complexity index is 1340. The first kappa shape index (κ1) is 25.6. The largest absolute Gasteiger partial charge is 0.515 e. The van der Waals surface area contributed by atoms with Crippen molar-refractivity contribution in [2.75, 3.05) is 7.05 Å². The topological polar surface area (TPSA) is 150 Å². The highest BCUT2D eigenvalue weighted by Crippen LogP contribution is 2.43. The molecule has 1 heterocycles. The van der Waals surface area contributed by atoms with E-state index in [-0.39, 0.29) is 39.3 Å². The monoisotopic (exact) mass is 466 g/mol. The van der Waals surface area contributed by atoms with E-state index >= 15 is 0 Å². The van der Waals surface area contributed by atoms with E-state index in [1.165, 1.54) is 18.7 Å². The summed E-state index contributed by atoms with van der Waals surface area (Å²) in [5, 5.41) is 40.8. The van der Waals surface area contributed by atoms with E-state index in [9.17, 15) is 35.0 Å². The lowest BCUT2D eigenvalue weighted by Gasteiger charge is -2.34. The number of nitrogens with zero attached hydrogens (tertiary/aromatic N) is 2. The molecule has 1 aromatic rings. The van der Waals surface area contributed by atoms with Gasteiger partial charge in [0.1, 0.15) is 6.11 Å². The molecule has 1 aliphatic heterocycles. The Morgan fingerprint density at radius 2 is 1.76 bits per heavy atom. The van der Waals surface area contributed by atoms with Gasteiger partial charge in [0, 0.05) is 53.4 Å². The van der Waals surface area contributed by atoms with Crippen molar-refractivity contribution in [3.8, 4) is 24.4 Å². The molecule has 0 spiro atoms. The standard InChI is InChI=1S/C24H22N2O8/c1-5-6-7-8-9-34-24(31)21-15(3)25(4)14(2)20(23(29)30)22(21)18-10-16(12-27)17(13-28)11-19(18)26(32)33/h1,10-13,22,27-28H,6-7H2,2-4H3,(H,29,30). The lowest BCUT2D eigenvalue weighted by Crippen LogP contribution is -2.34. The number of hydrogen-bond donors (Lipinski definition) is 3. The smallest absolute Gasteiger partial charge is 0.350 e. The highest BCUT2D eigenvalue weighted by atomic mass is 16.6. The molecule has 10 heteroatoms. The van der Waals surface area contributed by atoms with Gasteiger partial charge in [-0.1, -0.05) is 5.92 Å². The van der Waals surface area contributed by atoms with Gasteiger partial charge >= 0.3 is 11.9 Å². The number of nitro groups is 1. The van der Waals surface area contributed by atoms with Crippen LogP contribution in [0, 0.1) is 34.5 Å². The Balaban J connectivity index is 2.87. The van der Waals surface area contributed by atoms with Crippen LogP contribution in [0.3, 0.4) is 0 Å². The van der Waals surface area contributed by atoms with Crippen LogP contribution in [0.25, 0.3) is 12.5 Å². The number of nitro benzene ring substituents is 1. The highest BCUT2D eigenvalue weighted by molar-refractivity contribution is 5.99. The Hall–Kier alpha value is -4.70. The zero-order valence-electron chi connectivity index (χ0n) is 18.7. The van der Waals surface area contributed by atoms with Crippen molar-refractivity contribution in [2.45, 2.75) is 32.6 Å². The number of hydrogen-bond acceptors (Lipinski definition) is 8. The third-order valence-corrected chi connectivity index (χ3v) is 5.44. The molecule has 0 saturated heterocycles. The Morgan fingerprint density at radius 1 is 1.18 bits per heavy atom. The Morgan fingerprint density at radius 3 is 2.29 bits per heavy atom. The van der Waals surface area contributed by atoms with Gasteiger partial charge in [0.2, 0.25) is 0 Å². The zero-order valence-corrected chi connectivity index (χ0v) is 18.7. The minimum Gasteiger partial charge on any atom is -0.515 e. The summed E-state index contributed by atoms with van der Waals surface area (Å²) in [6.07, 6.45) is 9.15. The number of aliphatic carboxylic acids is 1. The second-order valence-electron chi connectivity index (χ2n) is 7.22. The lowest BCUT2D eigenvalue weighted by molar-refractivity contribution is -0.385. The van der Waals surface area contributed by atoms with Crippen molar-refractivity contribution in [1.82, 2.24) is 4.90 Å². The molecule has 3 N–H and O–H groups in total. The van der Waals surface area contributed by atoms with E-state index in [1.807, 2.05) is 0 Å². The summed E-state index contributed by atoms with van der Waals surface area (Å²) >= 11 is 0. The number of allylic oxidation sites excluding steroid dienone is 2. The first-order valence-corrected chi connectivity index (χ1v) is 9.88. The van der Waals surface area contributed by atoms with Crippen molar-refractivity contribution in [3.05, 3.63) is 60.8 Å². The van der Waals surface area contributed by atoms with Crippen LogP contribution < -0.4 is 10.4 Å². The molecule has 34 heavy (non-hydrogen) atoms. The summed E-state index contributed by atoms with van der Waals surface area (Å²) in [6.45, 7) is 3.04. The van der Waals surface area contributed by atoms with E-state index in [2.05, 4.69) is 17.9 Å². The molecule has 10 nitrogen and oxygen atoms in total. The van der Waals surface area contributed by atoms with Crippen LogP contribution >= 0.6 is 0 Å². The molecule has 1 aliphatic rings. The Kier molecular flexibility index (Phi) is 8.08. The van der Waals surface area contributed by atoms with Crippen molar-refractivity contribution in [1.29, 1.82) is 0 Å². The maximum atomic E-state index is 13.1. The van der Waals surface area contributed by atoms with Crippen LogP contribution in [-0.2, 0) is 14.3 Å². The maximum Gasteiger partial charge on any atom is 0.350 e. The van der Waals surface area contributed by atoms with Crippen molar-refractivity contribution in [3.63, 3.8) is 0 Å². The zero-order chi connectivity index (χ0) is 25.6. The van der Waals surface area contributed by atoms with Crippen LogP contribution in [0.15, 0.2) is 34.7 Å². The van der Waals surface area contributed by atoms with E-state index in [0.717, 1.165) is 12.1 Å². The number of carbonyl (C=O) groups excluding carboxylic acids is 1. The highest BCUT2D eigenvalue weighted by Gasteiger charge is 2.42. The molecule has 0 radical (unpaired) electrons. The predicted molar refractivity (Wildman–Crippen MR) is 122 cm³/mol. The first-order valence-electron chi connectivity index (χ1n) is 9.88. The molecule has 176 valence electrons. The van der Waals surface area contributed by atoms with Crippen LogP contribution in [0.1, 0.15) is 38.2 Å². The third-order valence-electron chi connectivity index (χ3n) is 5.44. The number of benzene rings is 1. The van der Waals surface area contributed by atoms with Gasteiger partial charge in [-0.05, 0) is 19.9 Å². The van der Waals surface area contributed by atoms with Gasteiger partial charge in [0.15, 0.2) is 0 Å². The fourth-order valence-corrected chi connectivity index (χ4v) is 3.60. The molecule has 0 aliphatic carbocycles. The van der Waals surface area contributed by atoms with Gasteiger partial charge in [-0.2, -0.15) is 0 Å². The Labute approximate surface area is 194 Å². The second-order valence-corrected chi connectivity index (χ2v) is 7.22. The number of unbranched alkanes of at least 4 members (excludes halogenated alkanes) is 1. The first-order chi connectivity index (χ1) is 16.1. The quantitative estimate of drug-likeness (QED) is 0.194. The summed E-state index contributed by atoms with van der Waals surface area (Å²) < 4.78 is 5.02. The number of rotatable bonds is 5. The maximum absolute atomic E-state index is 13.1. The number of esters is 1. The summed E-state index contributed by atoms with van der Waals surface area (Å²) in [4.78, 5) is 37.9. The molecule has 0 aromatic heterocycles. The number of terminal acetylenes is 1. The fraction of sp³-hybridized carbons (Fsp3) is 0.250. The molecule has 2 rings (SSSR count). The number of aliphatic hydroxyl groups excluding tert-OH is 2. The van der Waals surface area contributed by atoms with E-state index < -0.39 is 28.5 Å². The van der Waals surface area contributed by atoms with E-state index in [4.69, 9.17) is 11.2 Å². The number of ether oxygens (including phenoxy) is 1. The lowest BCUT2D eigenvalue weighted by atomic mass is 9.79. The van der Waals surface area contributed by atoms with Gasteiger partial charge in [-0.3, -0.25) is 10.1 Å². The third kappa shape index (κ3) is 4.87. The molecule has 0 saturated carbocycles. The normalized spacial score (nSPS) is 16.6. The molecular weight excluding hydrogens is 444 g/mol. The number of carboxylic acids is 1. The molecular formula is C24H22N2O8. The van der Waals surface area contributed by atoms with Crippen LogP contribution in [0.5, 0.6) is 0 Å². The van der Waals surface area contributed by atoms with Crippen LogP contribution in [-0.4, -0.2) is 44.1 Å². The SMILES string of the molecule is C#CCCC#COC(=O)C1=C(C)N(C)C(C)=C(C(=O)O)C1c1cc(=CO)c(=CO)cc1[N+](=O)[O-]. The molecule has 0 amide bonds. The molecule has 1 atom stereocenters. The molecule has 1 unspecified atom stereocenters. The van der Waals surface area contributed by atoms with Gasteiger partial charge in [-0.15, -0.1) is 12.3 Å². The summed E-state index contributed by atoms with van der Waals surface area (Å²) in [7, 11) is 1.54. The fourth-order valence-electron chi connectivity index (χ4n) is 3.60. The van der Waals surface area contributed by atoms with Crippen molar-refractivity contribution < 1.29 is 34.6 Å². The number of aliphatic hydroxyl groups is 2. The van der Waals surface area contributed by atoms with Gasteiger partial charge < -0.3 is 25.0 Å². The van der Waals surface area contributed by atoms with Crippen molar-refractivity contribution >= 4 is 30.2 Å². The number of carboxylic acid groups (broad SMARTS) is 1. The predicted octanol–water partition coefficient (Wildman–Crippen LogP) is 1.77. The summed E-state index contributed by atoms with van der Waals surface area (Å²) in [5.74, 6) is 1.12. The van der Waals surface area contributed by atoms with Gasteiger partial charge in [0.25, 0.3) is 5.69 Å². The second kappa shape index (κ2) is 10.7. The minimum absolute atomic E-state index is 0.0242. The van der Waals surface area contributed by atoms with Crippen molar-refractivity contribution in [2.24, 2.45) is 0 Å². The minimum atomic E-state index is -1.43. The average Bonchev–Trinajstić information content (AvgIpc) is 2.80. The van der Waals surface area contributed by atoms with E-state index in [1.54, 1.807) is 7.05 Å². The summed E-state index contributed by atoms with van der Waals surface area (Å²) in [6, 6.07) is 2.12. The van der Waals surface area contributed by atoms with Gasteiger partial charge in [-0.25, -0.2) is 9.59 Å². The van der Waals surface area contributed by atoms with Crippen LogP contribution in [0.4, 0.5) is 5.69 Å².